The van der Waals surface area contributed by atoms with Crippen molar-refractivity contribution in [3.8, 4) is 11.3 Å². The van der Waals surface area contributed by atoms with Crippen molar-refractivity contribution in [2.24, 2.45) is 13.0 Å². The van der Waals surface area contributed by atoms with Crippen molar-refractivity contribution in [3.05, 3.63) is 42.1 Å². The van der Waals surface area contributed by atoms with Crippen molar-refractivity contribution in [1.82, 2.24) is 14.7 Å². The SMILES string of the molecule is Cn1cc(CN2CC(C(=O)O)C2)c(-c2ccccc2)n1. The average molecular weight is 271 g/mol. The number of nitrogens with zero attached hydrogens (tertiary/aromatic N) is 3. The Labute approximate surface area is 117 Å². The van der Waals surface area contributed by atoms with Gasteiger partial charge < -0.3 is 5.11 Å². The smallest absolute Gasteiger partial charge is 0.309 e. The van der Waals surface area contributed by atoms with Crippen LogP contribution in [-0.2, 0) is 18.4 Å². The lowest BCUT2D eigenvalue weighted by molar-refractivity contribution is -0.147. The Balaban J connectivity index is 1.76. The van der Waals surface area contributed by atoms with Gasteiger partial charge in [-0.15, -0.1) is 0 Å². The average Bonchev–Trinajstić information content (AvgIpc) is 2.75. The molecule has 1 saturated heterocycles. The molecule has 0 saturated carbocycles. The first-order valence-corrected chi connectivity index (χ1v) is 6.66. The maximum atomic E-state index is 10.8. The van der Waals surface area contributed by atoms with Gasteiger partial charge in [0.25, 0.3) is 0 Å². The van der Waals surface area contributed by atoms with Gasteiger partial charge in [0.2, 0.25) is 0 Å². The van der Waals surface area contributed by atoms with Crippen molar-refractivity contribution in [3.63, 3.8) is 0 Å². The van der Waals surface area contributed by atoms with E-state index in [0.29, 0.717) is 13.1 Å². The molecule has 2 heterocycles. The van der Waals surface area contributed by atoms with Crippen LogP contribution in [0.3, 0.4) is 0 Å². The Bertz CT molecular complexity index is 615. The fourth-order valence-electron chi connectivity index (χ4n) is 2.59. The lowest BCUT2D eigenvalue weighted by atomic mass is 9.99. The van der Waals surface area contributed by atoms with Crippen LogP contribution >= 0.6 is 0 Å². The molecule has 104 valence electrons. The molecule has 5 nitrogen and oxygen atoms in total. The highest BCUT2D eigenvalue weighted by molar-refractivity contribution is 5.71. The maximum absolute atomic E-state index is 10.8. The maximum Gasteiger partial charge on any atom is 0.309 e. The molecule has 0 spiro atoms. The largest absolute Gasteiger partial charge is 0.481 e. The van der Waals surface area contributed by atoms with E-state index in [1.165, 1.54) is 0 Å². The molecule has 1 N–H and O–H groups in total. The summed E-state index contributed by atoms with van der Waals surface area (Å²) in [6.07, 6.45) is 2.01. The Morgan fingerprint density at radius 3 is 2.70 bits per heavy atom. The van der Waals surface area contributed by atoms with Crippen LogP contribution in [0.15, 0.2) is 36.5 Å². The molecule has 2 aromatic rings. The zero-order valence-corrected chi connectivity index (χ0v) is 11.4. The highest BCUT2D eigenvalue weighted by Gasteiger charge is 2.32. The number of rotatable bonds is 4. The highest BCUT2D eigenvalue weighted by Crippen LogP contribution is 2.25. The highest BCUT2D eigenvalue weighted by atomic mass is 16.4. The second-order valence-electron chi connectivity index (χ2n) is 5.27. The van der Waals surface area contributed by atoms with Crippen LogP contribution in [0, 0.1) is 5.92 Å². The van der Waals surface area contributed by atoms with Gasteiger partial charge in [-0.1, -0.05) is 30.3 Å². The van der Waals surface area contributed by atoms with Crippen LogP contribution in [-0.4, -0.2) is 38.8 Å². The molecule has 1 aromatic carbocycles. The van der Waals surface area contributed by atoms with Crippen molar-refractivity contribution in [1.29, 1.82) is 0 Å². The first kappa shape index (κ1) is 12.9. The molecular weight excluding hydrogens is 254 g/mol. The lowest BCUT2D eigenvalue weighted by Crippen LogP contribution is -2.49. The standard InChI is InChI=1S/C15H17N3O2/c1-17-7-12(8-18-9-13(10-18)15(19)20)14(16-17)11-5-3-2-4-6-11/h2-7,13H,8-10H2,1H3,(H,19,20). The zero-order chi connectivity index (χ0) is 14.1. The van der Waals surface area contributed by atoms with Gasteiger partial charge in [0.05, 0.1) is 11.6 Å². The number of aryl methyl sites for hydroxylation is 1. The van der Waals surface area contributed by atoms with Crippen LogP contribution < -0.4 is 0 Å². The topological polar surface area (TPSA) is 58.4 Å². The summed E-state index contributed by atoms with van der Waals surface area (Å²) in [6.45, 7) is 2.00. The minimum absolute atomic E-state index is 0.216. The Morgan fingerprint density at radius 2 is 2.05 bits per heavy atom. The van der Waals surface area contributed by atoms with Gasteiger partial charge in [-0.05, 0) is 0 Å². The molecule has 0 bridgehead atoms. The van der Waals surface area contributed by atoms with Crippen LogP contribution in [0.2, 0.25) is 0 Å². The molecule has 3 rings (SSSR count). The second-order valence-corrected chi connectivity index (χ2v) is 5.27. The number of hydrogen-bond acceptors (Lipinski definition) is 3. The summed E-state index contributed by atoms with van der Waals surface area (Å²) in [5.74, 6) is -0.914. The summed E-state index contributed by atoms with van der Waals surface area (Å²) in [7, 11) is 1.91. The number of likely N-dealkylation sites (tertiary alicyclic amines) is 1. The van der Waals surface area contributed by atoms with Gasteiger partial charge in [0.15, 0.2) is 0 Å². The first-order valence-electron chi connectivity index (χ1n) is 6.66. The number of hydrogen-bond donors (Lipinski definition) is 1. The summed E-state index contributed by atoms with van der Waals surface area (Å²) in [6, 6.07) is 10.1. The second kappa shape index (κ2) is 5.09. The van der Waals surface area contributed by atoms with E-state index < -0.39 is 5.97 Å². The van der Waals surface area contributed by atoms with Crippen molar-refractivity contribution in [2.45, 2.75) is 6.54 Å². The molecule has 0 amide bonds. The molecule has 0 unspecified atom stereocenters. The molecule has 1 aliphatic rings. The van der Waals surface area contributed by atoms with Crippen molar-refractivity contribution < 1.29 is 9.90 Å². The van der Waals surface area contributed by atoms with Gasteiger partial charge in [0, 0.05) is 44.0 Å². The van der Waals surface area contributed by atoms with E-state index in [1.807, 2.05) is 48.3 Å². The van der Waals surface area contributed by atoms with E-state index in [4.69, 9.17) is 5.11 Å². The molecule has 0 radical (unpaired) electrons. The fourth-order valence-corrected chi connectivity index (χ4v) is 2.59. The van der Waals surface area contributed by atoms with Crippen molar-refractivity contribution in [2.75, 3.05) is 13.1 Å². The summed E-state index contributed by atoms with van der Waals surface area (Å²) in [5, 5.41) is 13.4. The summed E-state index contributed by atoms with van der Waals surface area (Å²) in [4.78, 5) is 13.0. The van der Waals surface area contributed by atoms with Gasteiger partial charge in [-0.25, -0.2) is 0 Å². The summed E-state index contributed by atoms with van der Waals surface area (Å²) < 4.78 is 1.81. The van der Waals surface area contributed by atoms with E-state index in [2.05, 4.69) is 10.00 Å². The number of benzene rings is 1. The Kier molecular flexibility index (Phi) is 3.28. The molecule has 20 heavy (non-hydrogen) atoms. The van der Waals surface area contributed by atoms with Crippen LogP contribution in [0.4, 0.5) is 0 Å². The minimum Gasteiger partial charge on any atom is -0.481 e. The lowest BCUT2D eigenvalue weighted by Gasteiger charge is -2.36. The van der Waals surface area contributed by atoms with E-state index >= 15 is 0 Å². The molecule has 1 aromatic heterocycles. The summed E-state index contributed by atoms with van der Waals surface area (Å²) in [5.41, 5.74) is 3.22. The third-order valence-electron chi connectivity index (χ3n) is 3.65. The fraction of sp³-hybridized carbons (Fsp3) is 0.333. The Hall–Kier alpha value is -2.14. The Morgan fingerprint density at radius 1 is 1.35 bits per heavy atom. The van der Waals surface area contributed by atoms with Gasteiger partial charge in [-0.2, -0.15) is 5.10 Å². The molecule has 1 aliphatic heterocycles. The third kappa shape index (κ3) is 2.44. The predicted molar refractivity (Wildman–Crippen MR) is 75.0 cm³/mol. The van der Waals surface area contributed by atoms with Gasteiger partial charge >= 0.3 is 5.97 Å². The van der Waals surface area contributed by atoms with E-state index in [9.17, 15) is 4.79 Å². The number of carbonyl (C=O) groups is 1. The quantitative estimate of drug-likeness (QED) is 0.917. The summed E-state index contributed by atoms with van der Waals surface area (Å²) >= 11 is 0. The molecular formula is C15H17N3O2. The van der Waals surface area contributed by atoms with E-state index in [0.717, 1.165) is 23.4 Å². The third-order valence-corrected chi connectivity index (χ3v) is 3.65. The number of aromatic nitrogens is 2. The molecule has 0 aliphatic carbocycles. The zero-order valence-electron chi connectivity index (χ0n) is 11.4. The molecule has 5 heteroatoms. The first-order chi connectivity index (χ1) is 9.63. The van der Waals surface area contributed by atoms with Crippen LogP contribution in [0.1, 0.15) is 5.56 Å². The monoisotopic (exact) mass is 271 g/mol. The number of aliphatic carboxylic acids is 1. The number of carboxylic acid groups (broad SMARTS) is 1. The number of carboxylic acids is 1. The van der Waals surface area contributed by atoms with Gasteiger partial charge in [0.1, 0.15) is 0 Å². The minimum atomic E-state index is -0.698. The van der Waals surface area contributed by atoms with E-state index in [1.54, 1.807) is 0 Å². The normalized spacial score (nSPS) is 16.1. The predicted octanol–water partition coefficient (Wildman–Crippen LogP) is 1.60. The molecule has 1 fully saturated rings. The van der Waals surface area contributed by atoms with E-state index in [-0.39, 0.29) is 5.92 Å². The van der Waals surface area contributed by atoms with Crippen molar-refractivity contribution >= 4 is 5.97 Å². The van der Waals surface area contributed by atoms with Crippen LogP contribution in [0.25, 0.3) is 11.3 Å². The van der Waals surface area contributed by atoms with Gasteiger partial charge in [-0.3, -0.25) is 14.4 Å². The van der Waals surface area contributed by atoms with Crippen LogP contribution in [0.5, 0.6) is 0 Å². The molecule has 0 atom stereocenters.